The lowest BCUT2D eigenvalue weighted by Gasteiger charge is -2.10. The number of nitrogens with zero attached hydrogens (tertiary/aromatic N) is 2. The molecule has 5 nitrogen and oxygen atoms in total. The van der Waals surface area contributed by atoms with Crippen LogP contribution < -0.4 is 4.90 Å². The normalized spacial score (nSPS) is 18.4. The standard InChI is InChI=1S/C13H14N2O3S/c1-3-9-5-11(16)15(7-9)13-14-10(8-19-13)6-12(17)18-4-2/h1,8-9H,4-7H2,2H3. The van der Waals surface area contributed by atoms with E-state index in [0.29, 0.717) is 30.4 Å². The molecule has 0 N–H and O–H groups in total. The number of thiazole rings is 1. The lowest BCUT2D eigenvalue weighted by molar-refractivity contribution is -0.142. The molecule has 0 saturated carbocycles. The van der Waals surface area contributed by atoms with E-state index in [1.165, 1.54) is 11.3 Å². The van der Waals surface area contributed by atoms with Crippen LogP contribution >= 0.6 is 11.3 Å². The monoisotopic (exact) mass is 278 g/mol. The SMILES string of the molecule is C#CC1CC(=O)N(c2nc(CC(=O)OCC)cs2)C1. The van der Waals surface area contributed by atoms with Gasteiger partial charge in [0.15, 0.2) is 5.13 Å². The van der Waals surface area contributed by atoms with Gasteiger partial charge in [-0.15, -0.1) is 23.7 Å². The molecule has 1 aromatic heterocycles. The first-order valence-corrected chi connectivity index (χ1v) is 6.88. The Balaban J connectivity index is 2.03. The van der Waals surface area contributed by atoms with Gasteiger partial charge >= 0.3 is 5.97 Å². The number of carbonyl (C=O) groups excluding carboxylic acids is 2. The molecule has 2 heterocycles. The van der Waals surface area contributed by atoms with Gasteiger partial charge in [-0.05, 0) is 6.92 Å². The van der Waals surface area contributed by atoms with E-state index in [1.807, 2.05) is 0 Å². The van der Waals surface area contributed by atoms with Gasteiger partial charge in [-0.25, -0.2) is 4.98 Å². The highest BCUT2D eigenvalue weighted by atomic mass is 32.1. The van der Waals surface area contributed by atoms with Crippen LogP contribution in [0, 0.1) is 18.3 Å². The van der Waals surface area contributed by atoms with E-state index >= 15 is 0 Å². The second-order valence-electron chi connectivity index (χ2n) is 4.18. The van der Waals surface area contributed by atoms with E-state index in [0.717, 1.165) is 0 Å². The summed E-state index contributed by atoms with van der Waals surface area (Å²) in [6.45, 7) is 2.61. The Morgan fingerprint density at radius 2 is 2.53 bits per heavy atom. The maximum Gasteiger partial charge on any atom is 0.311 e. The molecule has 0 aliphatic carbocycles. The molecule has 1 aromatic rings. The summed E-state index contributed by atoms with van der Waals surface area (Å²) in [7, 11) is 0. The number of anilines is 1. The smallest absolute Gasteiger partial charge is 0.311 e. The van der Waals surface area contributed by atoms with Crippen LogP contribution in [-0.4, -0.2) is 30.0 Å². The second kappa shape index (κ2) is 5.85. The van der Waals surface area contributed by atoms with Crippen molar-refractivity contribution in [3.05, 3.63) is 11.1 Å². The molecule has 1 aliphatic rings. The van der Waals surface area contributed by atoms with Gasteiger partial charge in [0.2, 0.25) is 5.91 Å². The number of hydrogen-bond donors (Lipinski definition) is 0. The molecular formula is C13H14N2O3S. The Hall–Kier alpha value is -1.87. The quantitative estimate of drug-likeness (QED) is 0.614. The fraction of sp³-hybridized carbons (Fsp3) is 0.462. The van der Waals surface area contributed by atoms with Crippen LogP contribution in [0.4, 0.5) is 5.13 Å². The van der Waals surface area contributed by atoms with Crippen molar-refractivity contribution in [2.24, 2.45) is 5.92 Å². The Labute approximate surface area is 115 Å². The number of ether oxygens (including phenoxy) is 1. The molecule has 6 heteroatoms. The van der Waals surface area contributed by atoms with E-state index < -0.39 is 0 Å². The lowest BCUT2D eigenvalue weighted by atomic mass is 10.1. The molecular weight excluding hydrogens is 264 g/mol. The van der Waals surface area contributed by atoms with Crippen molar-refractivity contribution < 1.29 is 14.3 Å². The number of carbonyl (C=O) groups is 2. The highest BCUT2D eigenvalue weighted by molar-refractivity contribution is 7.14. The third-order valence-corrected chi connectivity index (χ3v) is 3.67. The zero-order valence-corrected chi connectivity index (χ0v) is 11.4. The summed E-state index contributed by atoms with van der Waals surface area (Å²) in [4.78, 5) is 29.0. The van der Waals surface area contributed by atoms with Crippen molar-refractivity contribution in [3.63, 3.8) is 0 Å². The van der Waals surface area contributed by atoms with Gasteiger partial charge < -0.3 is 4.74 Å². The van der Waals surface area contributed by atoms with Crippen LogP contribution in [0.15, 0.2) is 5.38 Å². The molecule has 1 fully saturated rings. The number of amides is 1. The topological polar surface area (TPSA) is 59.5 Å². The number of terminal acetylenes is 1. The van der Waals surface area contributed by atoms with Crippen molar-refractivity contribution in [1.29, 1.82) is 0 Å². The van der Waals surface area contributed by atoms with Crippen LogP contribution in [0.2, 0.25) is 0 Å². The van der Waals surface area contributed by atoms with Gasteiger partial charge in [0.25, 0.3) is 0 Å². The summed E-state index contributed by atoms with van der Waals surface area (Å²) in [6.07, 6.45) is 5.83. The molecule has 1 saturated heterocycles. The van der Waals surface area contributed by atoms with Crippen LogP contribution in [0.1, 0.15) is 19.0 Å². The minimum Gasteiger partial charge on any atom is -0.466 e. The fourth-order valence-electron chi connectivity index (χ4n) is 1.87. The number of aromatic nitrogens is 1. The van der Waals surface area contributed by atoms with E-state index in [1.54, 1.807) is 17.2 Å². The van der Waals surface area contributed by atoms with Crippen molar-refractivity contribution in [2.75, 3.05) is 18.1 Å². The number of rotatable bonds is 4. The number of esters is 1. The molecule has 2 rings (SSSR count). The Morgan fingerprint density at radius 3 is 3.16 bits per heavy atom. The number of hydrogen-bond acceptors (Lipinski definition) is 5. The summed E-state index contributed by atoms with van der Waals surface area (Å²) in [5.41, 5.74) is 0.621. The molecule has 0 aromatic carbocycles. The van der Waals surface area contributed by atoms with E-state index in [4.69, 9.17) is 11.2 Å². The van der Waals surface area contributed by atoms with Gasteiger partial charge in [0.1, 0.15) is 0 Å². The second-order valence-corrected chi connectivity index (χ2v) is 5.01. The average molecular weight is 278 g/mol. The van der Waals surface area contributed by atoms with Crippen molar-refractivity contribution in [1.82, 2.24) is 4.98 Å². The largest absolute Gasteiger partial charge is 0.466 e. The average Bonchev–Trinajstić information content (AvgIpc) is 2.96. The van der Waals surface area contributed by atoms with Gasteiger partial charge in [0.05, 0.1) is 18.7 Å². The molecule has 100 valence electrons. The van der Waals surface area contributed by atoms with Crippen LogP contribution in [-0.2, 0) is 20.7 Å². The predicted molar refractivity (Wildman–Crippen MR) is 71.7 cm³/mol. The third-order valence-electron chi connectivity index (χ3n) is 2.76. The first-order valence-electron chi connectivity index (χ1n) is 6.00. The van der Waals surface area contributed by atoms with E-state index in [2.05, 4.69) is 10.9 Å². The summed E-state index contributed by atoms with van der Waals surface area (Å²) >= 11 is 1.34. The Morgan fingerprint density at radius 1 is 1.74 bits per heavy atom. The highest BCUT2D eigenvalue weighted by Gasteiger charge is 2.31. The molecule has 1 unspecified atom stereocenters. The third kappa shape index (κ3) is 3.12. The highest BCUT2D eigenvalue weighted by Crippen LogP contribution is 2.27. The van der Waals surface area contributed by atoms with E-state index in [-0.39, 0.29) is 24.2 Å². The van der Waals surface area contributed by atoms with E-state index in [9.17, 15) is 9.59 Å². The minimum atomic E-state index is -0.311. The van der Waals surface area contributed by atoms with Crippen molar-refractivity contribution in [3.8, 4) is 12.3 Å². The summed E-state index contributed by atoms with van der Waals surface area (Å²) in [5.74, 6) is 2.21. The molecule has 1 amide bonds. The Bertz CT molecular complexity index is 532. The zero-order chi connectivity index (χ0) is 13.8. The predicted octanol–water partition coefficient (Wildman–Crippen LogP) is 1.23. The maximum absolute atomic E-state index is 11.8. The minimum absolute atomic E-state index is 0.0139. The first-order chi connectivity index (χ1) is 9.13. The first kappa shape index (κ1) is 13.6. The molecule has 1 atom stereocenters. The summed E-state index contributed by atoms with van der Waals surface area (Å²) in [6, 6.07) is 0. The van der Waals surface area contributed by atoms with Crippen molar-refractivity contribution in [2.45, 2.75) is 19.8 Å². The zero-order valence-electron chi connectivity index (χ0n) is 10.6. The summed E-state index contributed by atoms with van der Waals surface area (Å²) in [5, 5.41) is 2.37. The van der Waals surface area contributed by atoms with Gasteiger partial charge in [-0.3, -0.25) is 14.5 Å². The fourth-order valence-corrected chi connectivity index (χ4v) is 2.72. The molecule has 1 aliphatic heterocycles. The Kier molecular flexibility index (Phi) is 4.17. The van der Waals surface area contributed by atoms with Gasteiger partial charge in [-0.1, -0.05) is 0 Å². The van der Waals surface area contributed by atoms with Crippen LogP contribution in [0.3, 0.4) is 0 Å². The molecule has 0 radical (unpaired) electrons. The lowest BCUT2D eigenvalue weighted by Crippen LogP contribution is -2.24. The van der Waals surface area contributed by atoms with Crippen molar-refractivity contribution >= 4 is 28.3 Å². The molecule has 19 heavy (non-hydrogen) atoms. The van der Waals surface area contributed by atoms with Crippen LogP contribution in [0.25, 0.3) is 0 Å². The van der Waals surface area contributed by atoms with Gasteiger partial charge in [0, 0.05) is 24.3 Å². The van der Waals surface area contributed by atoms with Crippen LogP contribution in [0.5, 0.6) is 0 Å². The molecule has 0 bridgehead atoms. The van der Waals surface area contributed by atoms with Gasteiger partial charge in [-0.2, -0.15) is 0 Å². The maximum atomic E-state index is 11.8. The molecule has 0 spiro atoms. The summed E-state index contributed by atoms with van der Waals surface area (Å²) < 4.78 is 4.85.